The Bertz CT molecular complexity index is 1150. The van der Waals surface area contributed by atoms with Crippen LogP contribution < -0.4 is 5.73 Å². The predicted octanol–water partition coefficient (Wildman–Crippen LogP) is 3.02. The number of aromatic nitrogens is 5. The molecule has 4 rings (SSSR count). The van der Waals surface area contributed by atoms with Gasteiger partial charge < -0.3 is 10.3 Å². The van der Waals surface area contributed by atoms with Gasteiger partial charge in [-0.15, -0.1) is 0 Å². The maximum absolute atomic E-state index is 12.3. The van der Waals surface area contributed by atoms with Gasteiger partial charge in [0.1, 0.15) is 11.3 Å². The molecule has 160 valence electrons. The van der Waals surface area contributed by atoms with E-state index in [2.05, 4.69) is 26.4 Å². The van der Waals surface area contributed by atoms with Crippen LogP contribution in [0.3, 0.4) is 0 Å². The van der Waals surface area contributed by atoms with Crippen LogP contribution in [0, 0.1) is 19.8 Å². The molecule has 0 amide bonds. The molecule has 30 heavy (non-hydrogen) atoms. The minimum Gasteiger partial charge on any atom is -0.382 e. The quantitative estimate of drug-likeness (QED) is 0.411. The van der Waals surface area contributed by atoms with Gasteiger partial charge in [-0.2, -0.15) is 0 Å². The van der Waals surface area contributed by atoms with Crippen molar-refractivity contribution in [3.8, 4) is 0 Å². The van der Waals surface area contributed by atoms with E-state index in [0.717, 1.165) is 53.9 Å². The van der Waals surface area contributed by atoms with Crippen LogP contribution in [0.5, 0.6) is 0 Å². The monoisotopic (exact) mass is 428 g/mol. The number of pyridine rings is 1. The molecule has 3 aromatic heterocycles. The standard InChI is InChI=1S/C21H28N6O2S/c1-14-15(2)25-20(22)18-19(14)27(17(26-18)13-16-7-8-16)11-4-3-5-12-30(28,29)21-23-9-6-10-24-21/h6,9-10,16H,3-5,7-8,11-13H2,1-2H3,(H2,22,25). The van der Waals surface area contributed by atoms with Crippen molar-refractivity contribution < 1.29 is 8.42 Å². The Labute approximate surface area is 176 Å². The SMILES string of the molecule is Cc1nc(N)c2nc(CC3CC3)n(CCCCCS(=O)(=O)c3ncccn3)c2c1C. The number of nitrogens with two attached hydrogens (primary N) is 1. The highest BCUT2D eigenvalue weighted by Crippen LogP contribution is 2.34. The molecule has 0 radical (unpaired) electrons. The third kappa shape index (κ3) is 4.30. The number of unbranched alkanes of at least 4 members (excludes halogenated alkanes) is 2. The Kier molecular flexibility index (Phi) is 5.73. The van der Waals surface area contributed by atoms with Crippen LogP contribution in [-0.2, 0) is 22.8 Å². The highest BCUT2D eigenvalue weighted by atomic mass is 32.2. The van der Waals surface area contributed by atoms with Gasteiger partial charge in [-0.1, -0.05) is 6.42 Å². The summed E-state index contributed by atoms with van der Waals surface area (Å²) in [5.74, 6) is 2.33. The molecule has 0 aromatic carbocycles. The van der Waals surface area contributed by atoms with E-state index >= 15 is 0 Å². The second-order valence-corrected chi connectivity index (χ2v) is 10.1. The van der Waals surface area contributed by atoms with Crippen LogP contribution in [0.15, 0.2) is 23.6 Å². The van der Waals surface area contributed by atoms with Gasteiger partial charge in [0.25, 0.3) is 0 Å². The van der Waals surface area contributed by atoms with Crippen molar-refractivity contribution in [3.05, 3.63) is 35.5 Å². The predicted molar refractivity (Wildman–Crippen MR) is 116 cm³/mol. The minimum atomic E-state index is -3.43. The summed E-state index contributed by atoms with van der Waals surface area (Å²) in [5.41, 5.74) is 10.1. The molecule has 0 bridgehead atoms. The van der Waals surface area contributed by atoms with Gasteiger partial charge in [0.15, 0.2) is 5.82 Å². The lowest BCUT2D eigenvalue weighted by atomic mass is 10.2. The number of nitrogen functional groups attached to an aromatic ring is 1. The smallest absolute Gasteiger partial charge is 0.246 e. The molecule has 1 aliphatic carbocycles. The molecule has 1 saturated carbocycles. The molecule has 9 heteroatoms. The molecular formula is C21H28N6O2S. The van der Waals surface area contributed by atoms with E-state index in [1.807, 2.05) is 6.92 Å². The largest absolute Gasteiger partial charge is 0.382 e. The fourth-order valence-corrected chi connectivity index (χ4v) is 5.01. The van der Waals surface area contributed by atoms with Crippen LogP contribution in [0.25, 0.3) is 11.0 Å². The van der Waals surface area contributed by atoms with E-state index in [0.29, 0.717) is 18.2 Å². The number of rotatable bonds is 9. The maximum Gasteiger partial charge on any atom is 0.246 e. The highest BCUT2D eigenvalue weighted by molar-refractivity contribution is 7.91. The third-order valence-electron chi connectivity index (χ3n) is 5.76. The molecule has 8 nitrogen and oxygen atoms in total. The molecule has 0 atom stereocenters. The summed E-state index contributed by atoms with van der Waals surface area (Å²) in [6.07, 6.45) is 8.64. The average molecular weight is 429 g/mol. The molecule has 1 fully saturated rings. The van der Waals surface area contributed by atoms with Gasteiger partial charge in [-0.05, 0) is 57.1 Å². The Morgan fingerprint density at radius 3 is 2.53 bits per heavy atom. The zero-order valence-electron chi connectivity index (χ0n) is 17.5. The minimum absolute atomic E-state index is 0.0611. The number of hydrogen-bond acceptors (Lipinski definition) is 7. The highest BCUT2D eigenvalue weighted by Gasteiger charge is 2.26. The number of fused-ring (bicyclic) bond motifs is 1. The number of sulfone groups is 1. The number of aryl methyl sites for hydroxylation is 3. The Morgan fingerprint density at radius 1 is 1.10 bits per heavy atom. The summed E-state index contributed by atoms with van der Waals surface area (Å²) < 4.78 is 27.0. The first-order valence-corrected chi connectivity index (χ1v) is 12.1. The molecule has 3 aromatic rings. The summed E-state index contributed by atoms with van der Waals surface area (Å²) in [7, 11) is -3.43. The summed E-state index contributed by atoms with van der Waals surface area (Å²) >= 11 is 0. The molecule has 0 spiro atoms. The Hall–Kier alpha value is -2.55. The van der Waals surface area contributed by atoms with Crippen LogP contribution in [0.1, 0.15) is 49.2 Å². The van der Waals surface area contributed by atoms with Crippen molar-refractivity contribution in [1.82, 2.24) is 24.5 Å². The van der Waals surface area contributed by atoms with Gasteiger partial charge in [0.2, 0.25) is 15.0 Å². The average Bonchev–Trinajstić information content (AvgIpc) is 3.46. The van der Waals surface area contributed by atoms with Crippen LogP contribution in [0.4, 0.5) is 5.82 Å². The summed E-state index contributed by atoms with van der Waals surface area (Å²) in [6, 6.07) is 1.61. The topological polar surface area (TPSA) is 117 Å². The second kappa shape index (κ2) is 8.29. The molecule has 0 saturated heterocycles. The number of nitrogens with zero attached hydrogens (tertiary/aromatic N) is 5. The van der Waals surface area contributed by atoms with Crippen LogP contribution >= 0.6 is 0 Å². The fourth-order valence-electron chi connectivity index (χ4n) is 3.80. The molecule has 0 aliphatic heterocycles. The number of anilines is 1. The second-order valence-electron chi connectivity index (χ2n) is 8.14. The van der Waals surface area contributed by atoms with Crippen molar-refractivity contribution in [2.24, 2.45) is 5.92 Å². The lowest BCUT2D eigenvalue weighted by Gasteiger charge is -2.12. The van der Waals surface area contributed by atoms with Crippen molar-refractivity contribution in [2.75, 3.05) is 11.5 Å². The summed E-state index contributed by atoms with van der Waals surface area (Å²) in [6.45, 7) is 4.83. The van der Waals surface area contributed by atoms with Gasteiger partial charge in [0, 0.05) is 31.1 Å². The van der Waals surface area contributed by atoms with Crippen LogP contribution in [-0.4, -0.2) is 38.7 Å². The van der Waals surface area contributed by atoms with Crippen LogP contribution in [0.2, 0.25) is 0 Å². The number of imidazole rings is 1. The van der Waals surface area contributed by atoms with Crippen molar-refractivity contribution in [1.29, 1.82) is 0 Å². The Balaban J connectivity index is 1.45. The molecular weight excluding hydrogens is 400 g/mol. The van der Waals surface area contributed by atoms with E-state index < -0.39 is 9.84 Å². The fraction of sp³-hybridized carbons (Fsp3) is 0.524. The lowest BCUT2D eigenvalue weighted by Crippen LogP contribution is -2.11. The zero-order valence-corrected chi connectivity index (χ0v) is 18.3. The van der Waals surface area contributed by atoms with E-state index in [1.165, 1.54) is 25.2 Å². The lowest BCUT2D eigenvalue weighted by molar-refractivity contribution is 0.564. The molecule has 1 aliphatic rings. The molecule has 2 N–H and O–H groups in total. The van der Waals surface area contributed by atoms with E-state index in [1.54, 1.807) is 6.07 Å². The Morgan fingerprint density at radius 2 is 1.83 bits per heavy atom. The zero-order chi connectivity index (χ0) is 21.3. The van der Waals surface area contributed by atoms with Crippen molar-refractivity contribution in [2.45, 2.75) is 64.1 Å². The van der Waals surface area contributed by atoms with E-state index in [9.17, 15) is 8.42 Å². The van der Waals surface area contributed by atoms with Crippen molar-refractivity contribution >= 4 is 26.7 Å². The number of hydrogen-bond donors (Lipinski definition) is 1. The molecule has 0 unspecified atom stereocenters. The van der Waals surface area contributed by atoms with Gasteiger partial charge >= 0.3 is 0 Å². The summed E-state index contributed by atoms with van der Waals surface area (Å²) in [5, 5.41) is -0.0913. The van der Waals surface area contributed by atoms with E-state index in [4.69, 9.17) is 10.7 Å². The van der Waals surface area contributed by atoms with Crippen molar-refractivity contribution in [3.63, 3.8) is 0 Å². The van der Waals surface area contributed by atoms with Gasteiger partial charge in [-0.3, -0.25) is 0 Å². The maximum atomic E-state index is 12.3. The summed E-state index contributed by atoms with van der Waals surface area (Å²) in [4.78, 5) is 17.0. The first-order valence-electron chi connectivity index (χ1n) is 10.5. The third-order valence-corrected chi connectivity index (χ3v) is 7.35. The molecule has 3 heterocycles. The first kappa shape index (κ1) is 20.7. The van der Waals surface area contributed by atoms with Gasteiger partial charge in [0.05, 0.1) is 11.3 Å². The van der Waals surface area contributed by atoms with E-state index in [-0.39, 0.29) is 10.9 Å². The van der Waals surface area contributed by atoms with Gasteiger partial charge in [-0.25, -0.2) is 28.4 Å². The normalized spacial score (nSPS) is 14.5. The first-order chi connectivity index (χ1) is 14.4.